The third-order valence-corrected chi connectivity index (χ3v) is 9.18. The molecular weight excluding hydrogens is 567 g/mol. The third-order valence-electron chi connectivity index (χ3n) is 8.75. The Balaban J connectivity index is 1.25. The van der Waals surface area contributed by atoms with Crippen LogP contribution in [0.1, 0.15) is 79.4 Å². The number of hydrogen-bond donors (Lipinski definition) is 0. The average molecular weight is 602 g/mol. The lowest BCUT2D eigenvalue weighted by Crippen LogP contribution is -2.43. The quantitative estimate of drug-likeness (QED) is 0.300. The predicted molar refractivity (Wildman–Crippen MR) is 148 cm³/mol. The lowest BCUT2D eigenvalue weighted by atomic mass is 9.94. The van der Waals surface area contributed by atoms with E-state index in [1.165, 1.54) is 29.2 Å². The van der Waals surface area contributed by atoms with Crippen LogP contribution in [-0.2, 0) is 0 Å². The van der Waals surface area contributed by atoms with Crippen molar-refractivity contribution < 1.29 is 27.1 Å². The highest BCUT2D eigenvalue weighted by molar-refractivity contribution is 6.34. The van der Waals surface area contributed by atoms with Crippen molar-refractivity contribution >= 4 is 29.1 Å². The molecule has 0 unspecified atom stereocenters. The fraction of sp³-hybridized carbons (Fsp3) is 0.567. The number of halogens is 6. The first-order chi connectivity index (χ1) is 18.9. The summed E-state index contributed by atoms with van der Waals surface area (Å²) in [5, 5.41) is 0.326. The summed E-state index contributed by atoms with van der Waals surface area (Å²) in [6, 6.07) is 5.29. The second-order valence-corrected chi connectivity index (χ2v) is 12.5. The van der Waals surface area contributed by atoms with Gasteiger partial charge in [0, 0.05) is 28.7 Å². The van der Waals surface area contributed by atoms with Gasteiger partial charge < -0.3 is 9.64 Å². The Morgan fingerprint density at radius 2 is 1.62 bits per heavy atom. The third kappa shape index (κ3) is 6.39. The van der Waals surface area contributed by atoms with E-state index in [9.17, 15) is 18.0 Å². The molecule has 0 N–H and O–H groups in total. The Kier molecular flexibility index (Phi) is 8.61. The smallest absolute Gasteiger partial charge is 0.408 e. The van der Waals surface area contributed by atoms with Crippen LogP contribution >= 0.6 is 23.2 Å². The lowest BCUT2D eigenvalue weighted by molar-refractivity contribution is -0.190. The molecule has 2 saturated heterocycles. The van der Waals surface area contributed by atoms with Crippen LogP contribution in [0.25, 0.3) is 0 Å². The van der Waals surface area contributed by atoms with Gasteiger partial charge in [-0.2, -0.15) is 13.2 Å². The molecule has 2 aromatic rings. The van der Waals surface area contributed by atoms with Gasteiger partial charge in [0.15, 0.2) is 0 Å². The van der Waals surface area contributed by atoms with E-state index in [-0.39, 0.29) is 64.7 Å². The van der Waals surface area contributed by atoms with Crippen molar-refractivity contribution in [3.8, 4) is 5.75 Å². The molecule has 3 aliphatic rings. The van der Waals surface area contributed by atoms with E-state index in [2.05, 4.69) is 6.92 Å². The van der Waals surface area contributed by atoms with Crippen molar-refractivity contribution in [1.82, 2.24) is 9.80 Å². The number of benzene rings is 2. The molecule has 2 aliphatic heterocycles. The number of rotatable bonds is 7. The molecule has 5 rings (SSSR count). The van der Waals surface area contributed by atoms with Gasteiger partial charge in [-0.25, -0.2) is 4.39 Å². The van der Waals surface area contributed by atoms with Crippen molar-refractivity contribution in [2.24, 2.45) is 11.8 Å². The first kappa shape index (κ1) is 29.5. The molecule has 10 heteroatoms. The zero-order valence-electron chi connectivity index (χ0n) is 22.6. The minimum Gasteiger partial charge on any atom is -0.493 e. The normalized spacial score (nSPS) is 23.4. The van der Waals surface area contributed by atoms with E-state index in [0.717, 1.165) is 24.8 Å². The highest BCUT2D eigenvalue weighted by atomic mass is 35.5. The molecule has 1 saturated carbocycles. The van der Waals surface area contributed by atoms with Crippen molar-refractivity contribution in [1.29, 1.82) is 0 Å². The molecule has 3 fully saturated rings. The van der Waals surface area contributed by atoms with Crippen LogP contribution < -0.4 is 4.74 Å². The molecule has 3 atom stereocenters. The first-order valence-corrected chi connectivity index (χ1v) is 14.7. The monoisotopic (exact) mass is 600 g/mol. The van der Waals surface area contributed by atoms with Crippen molar-refractivity contribution in [3.05, 3.63) is 62.9 Å². The summed E-state index contributed by atoms with van der Waals surface area (Å²) in [4.78, 5) is 16.3. The summed E-state index contributed by atoms with van der Waals surface area (Å²) in [7, 11) is 0. The second kappa shape index (κ2) is 11.7. The fourth-order valence-corrected chi connectivity index (χ4v) is 6.58. The highest BCUT2D eigenvalue weighted by Gasteiger charge is 2.46. The molecule has 4 nitrogen and oxygen atoms in total. The van der Waals surface area contributed by atoms with E-state index in [4.69, 9.17) is 27.9 Å². The lowest BCUT2D eigenvalue weighted by Gasteiger charge is -2.38. The Morgan fingerprint density at radius 1 is 0.975 bits per heavy atom. The molecule has 0 bridgehead atoms. The second-order valence-electron chi connectivity index (χ2n) is 11.6. The van der Waals surface area contributed by atoms with Gasteiger partial charge in [0.1, 0.15) is 17.6 Å². The zero-order valence-corrected chi connectivity index (χ0v) is 24.1. The Labute approximate surface area is 242 Å². The number of hydrogen-bond acceptors (Lipinski definition) is 3. The molecule has 0 spiro atoms. The van der Waals surface area contributed by atoms with Crippen molar-refractivity contribution in [2.75, 3.05) is 26.2 Å². The van der Waals surface area contributed by atoms with Gasteiger partial charge in [-0.1, -0.05) is 30.1 Å². The fourth-order valence-electron chi connectivity index (χ4n) is 6.04. The molecule has 2 heterocycles. The Bertz CT molecular complexity index is 1220. The Morgan fingerprint density at radius 3 is 2.17 bits per heavy atom. The van der Waals surface area contributed by atoms with Crippen molar-refractivity contribution in [3.63, 3.8) is 0 Å². The van der Waals surface area contributed by atoms with Crippen LogP contribution in [0.5, 0.6) is 5.75 Å². The van der Waals surface area contributed by atoms with E-state index in [0.29, 0.717) is 31.1 Å². The van der Waals surface area contributed by atoms with Crippen LogP contribution in [0.2, 0.25) is 10.0 Å². The molecule has 0 aromatic heterocycles. The highest BCUT2D eigenvalue weighted by Crippen LogP contribution is 2.46. The van der Waals surface area contributed by atoms with E-state index in [1.54, 1.807) is 11.0 Å². The molecule has 1 aliphatic carbocycles. The Hall–Kier alpha value is -2.03. The largest absolute Gasteiger partial charge is 0.493 e. The van der Waals surface area contributed by atoms with Gasteiger partial charge in [0.25, 0.3) is 5.91 Å². The molecule has 2 aromatic carbocycles. The number of ether oxygens (including phenoxy) is 1. The number of carbonyl (C=O) groups is 1. The molecular formula is C30H34Cl2F4N2O2. The summed E-state index contributed by atoms with van der Waals surface area (Å²) >= 11 is 12.0. The number of likely N-dealkylation sites (tertiary alicyclic amines) is 2. The summed E-state index contributed by atoms with van der Waals surface area (Å²) in [5.41, 5.74) is 0.955. The van der Waals surface area contributed by atoms with Gasteiger partial charge in [-0.15, -0.1) is 0 Å². The van der Waals surface area contributed by atoms with Gasteiger partial charge in [-0.3, -0.25) is 9.69 Å². The van der Waals surface area contributed by atoms with E-state index < -0.39 is 18.0 Å². The summed E-state index contributed by atoms with van der Waals surface area (Å²) < 4.78 is 63.6. The van der Waals surface area contributed by atoms with Gasteiger partial charge in [-0.05, 0) is 105 Å². The van der Waals surface area contributed by atoms with Crippen LogP contribution in [0, 0.1) is 17.7 Å². The molecule has 0 radical (unpaired) electrons. The molecule has 1 amide bonds. The number of alkyl halides is 3. The summed E-state index contributed by atoms with van der Waals surface area (Å²) in [5.74, 6) is 0.184. The minimum absolute atomic E-state index is 0.0245. The maximum absolute atomic E-state index is 15.2. The van der Waals surface area contributed by atoms with Crippen LogP contribution in [0.15, 0.2) is 30.3 Å². The van der Waals surface area contributed by atoms with Crippen molar-refractivity contribution in [2.45, 2.75) is 70.1 Å². The standard InChI is InChI=1S/C30H34Cl2F4N2O2/c1-17-5-10-38(18(17)2)29(39)25-14-24(20-3-4-20)27(15-26(25)33)40-16-19-6-8-37(9-7-19)28(30(34,35)36)21-11-22(31)13-23(32)12-21/h11-15,17-20,28H,3-10,16H2,1-2H3/t17-,18+,28-/m0/s1. The van der Waals surface area contributed by atoms with E-state index in [1.807, 2.05) is 6.92 Å². The van der Waals surface area contributed by atoms with Crippen LogP contribution in [0.3, 0.4) is 0 Å². The van der Waals surface area contributed by atoms with Gasteiger partial charge in [0.05, 0.1) is 12.2 Å². The van der Waals surface area contributed by atoms with E-state index >= 15 is 4.39 Å². The first-order valence-electron chi connectivity index (χ1n) is 14.0. The number of carbonyl (C=O) groups excluding carboxylic acids is 1. The predicted octanol–water partition coefficient (Wildman–Crippen LogP) is 8.27. The number of nitrogens with zero attached hydrogens (tertiary/aromatic N) is 2. The summed E-state index contributed by atoms with van der Waals surface area (Å²) in [6.07, 6.45) is -0.666. The summed E-state index contributed by atoms with van der Waals surface area (Å²) in [6.45, 7) is 5.45. The maximum atomic E-state index is 15.2. The molecule has 40 heavy (non-hydrogen) atoms. The zero-order chi connectivity index (χ0) is 28.8. The topological polar surface area (TPSA) is 32.8 Å². The van der Waals surface area contributed by atoms with Crippen LogP contribution in [0.4, 0.5) is 17.6 Å². The average Bonchev–Trinajstić information content (AvgIpc) is 3.66. The van der Waals surface area contributed by atoms with Gasteiger partial charge in [0.2, 0.25) is 0 Å². The maximum Gasteiger partial charge on any atom is 0.408 e. The van der Waals surface area contributed by atoms with Crippen LogP contribution in [-0.4, -0.2) is 54.2 Å². The van der Waals surface area contributed by atoms with Gasteiger partial charge >= 0.3 is 6.18 Å². The minimum atomic E-state index is -4.49. The SMILES string of the molecule is C[C@@H]1[C@@H](C)CCN1C(=O)c1cc(C2CC2)c(OCC2CCN([C@@H](c3cc(Cl)cc(Cl)c3)C(F)(F)F)CC2)cc1F. The number of piperidine rings is 1. The number of amides is 1. The molecule has 218 valence electrons.